The number of hydrogen-bond donors (Lipinski definition) is 3. The standard InChI is InChI=1S/C8H11N3O3S2/c1-10-16(13,14)7-4-2-6(3-5-7)11(15)8(9)12/h2-5,10,15H,1H3,(H2,9,12). The highest BCUT2D eigenvalue weighted by Crippen LogP contribution is 2.18. The molecule has 0 heterocycles. The van der Waals surface area contributed by atoms with Crippen LogP contribution >= 0.6 is 12.8 Å². The lowest BCUT2D eigenvalue weighted by molar-refractivity contribution is 0.257. The maximum atomic E-state index is 11.4. The molecule has 0 radical (unpaired) electrons. The molecule has 1 aromatic carbocycles. The van der Waals surface area contributed by atoms with Crippen molar-refractivity contribution in [2.45, 2.75) is 4.90 Å². The lowest BCUT2D eigenvalue weighted by Crippen LogP contribution is -2.27. The highest BCUT2D eigenvalue weighted by atomic mass is 32.2. The SMILES string of the molecule is CNS(=O)(=O)c1ccc(N(S)C(N)=O)cc1. The van der Waals surface area contributed by atoms with E-state index in [2.05, 4.69) is 17.5 Å². The number of carbonyl (C=O) groups is 1. The second-order valence-corrected chi connectivity index (χ2v) is 5.14. The topological polar surface area (TPSA) is 92.5 Å². The summed E-state index contributed by atoms with van der Waals surface area (Å²) in [4.78, 5) is 10.9. The van der Waals surface area contributed by atoms with Crippen molar-refractivity contribution in [3.05, 3.63) is 24.3 Å². The van der Waals surface area contributed by atoms with Crippen molar-refractivity contribution < 1.29 is 13.2 Å². The van der Waals surface area contributed by atoms with Gasteiger partial charge in [-0.1, -0.05) is 12.8 Å². The van der Waals surface area contributed by atoms with Crippen LogP contribution in [0.1, 0.15) is 0 Å². The number of rotatable bonds is 3. The number of carbonyl (C=O) groups excluding carboxylic acids is 1. The number of nitrogens with zero attached hydrogens (tertiary/aromatic N) is 1. The Morgan fingerprint density at radius 3 is 2.25 bits per heavy atom. The van der Waals surface area contributed by atoms with Crippen molar-refractivity contribution in [2.24, 2.45) is 5.73 Å². The third kappa shape index (κ3) is 2.65. The van der Waals surface area contributed by atoms with Gasteiger partial charge in [0.1, 0.15) is 0 Å². The number of nitrogens with two attached hydrogens (primary N) is 1. The molecule has 1 aromatic rings. The first-order valence-corrected chi connectivity index (χ1v) is 6.09. The van der Waals surface area contributed by atoms with Crippen molar-refractivity contribution in [1.82, 2.24) is 4.72 Å². The normalized spacial score (nSPS) is 11.1. The number of anilines is 1. The quantitative estimate of drug-likeness (QED) is 0.684. The zero-order valence-corrected chi connectivity index (χ0v) is 10.1. The summed E-state index contributed by atoms with van der Waals surface area (Å²) in [6, 6.07) is 4.83. The molecule has 0 spiro atoms. The molecule has 0 fully saturated rings. The molecule has 3 N–H and O–H groups in total. The molecule has 0 aliphatic carbocycles. The molecule has 0 aromatic heterocycles. The molecule has 2 amide bonds. The summed E-state index contributed by atoms with van der Waals surface area (Å²) in [5.74, 6) is 0. The summed E-state index contributed by atoms with van der Waals surface area (Å²) in [6.45, 7) is 0. The van der Waals surface area contributed by atoms with Crippen LogP contribution in [-0.4, -0.2) is 21.5 Å². The maximum absolute atomic E-state index is 11.4. The van der Waals surface area contributed by atoms with Gasteiger partial charge >= 0.3 is 6.03 Å². The molecule has 8 heteroatoms. The van der Waals surface area contributed by atoms with E-state index < -0.39 is 16.1 Å². The van der Waals surface area contributed by atoms with E-state index >= 15 is 0 Å². The fraction of sp³-hybridized carbons (Fsp3) is 0.125. The Morgan fingerprint density at radius 2 is 1.88 bits per heavy atom. The first kappa shape index (κ1) is 12.8. The number of urea groups is 1. The number of hydrogen-bond acceptors (Lipinski definition) is 4. The van der Waals surface area contributed by atoms with Crippen molar-refractivity contribution in [1.29, 1.82) is 0 Å². The molecule has 1 rings (SSSR count). The van der Waals surface area contributed by atoms with Crippen molar-refractivity contribution in [2.75, 3.05) is 11.4 Å². The van der Waals surface area contributed by atoms with Crippen LogP contribution in [0, 0.1) is 0 Å². The van der Waals surface area contributed by atoms with Crippen molar-refractivity contribution in [3.8, 4) is 0 Å². The lowest BCUT2D eigenvalue weighted by atomic mass is 10.3. The first-order chi connectivity index (χ1) is 7.38. The van der Waals surface area contributed by atoms with Crippen LogP contribution in [-0.2, 0) is 10.0 Å². The van der Waals surface area contributed by atoms with Gasteiger partial charge in [-0.25, -0.2) is 22.2 Å². The zero-order valence-electron chi connectivity index (χ0n) is 8.41. The smallest absolute Gasteiger partial charge is 0.329 e. The molecular weight excluding hydrogens is 250 g/mol. The van der Waals surface area contributed by atoms with Gasteiger partial charge in [0.2, 0.25) is 10.0 Å². The van der Waals surface area contributed by atoms with E-state index in [4.69, 9.17) is 5.73 Å². The summed E-state index contributed by atoms with van der Waals surface area (Å²) in [6.07, 6.45) is 0. The van der Waals surface area contributed by atoms with Gasteiger partial charge in [-0.15, -0.1) is 0 Å². The van der Waals surface area contributed by atoms with Gasteiger partial charge in [0.15, 0.2) is 0 Å². The first-order valence-electron chi connectivity index (χ1n) is 4.20. The van der Waals surface area contributed by atoms with E-state index in [0.29, 0.717) is 5.69 Å². The Labute approximate surface area is 99.0 Å². The van der Waals surface area contributed by atoms with E-state index in [1.54, 1.807) is 0 Å². The fourth-order valence-corrected chi connectivity index (χ4v) is 1.88. The third-order valence-electron chi connectivity index (χ3n) is 1.87. The molecule has 0 bridgehead atoms. The van der Waals surface area contributed by atoms with Gasteiger partial charge in [0, 0.05) is 0 Å². The van der Waals surface area contributed by atoms with Crippen LogP contribution in [0.5, 0.6) is 0 Å². The van der Waals surface area contributed by atoms with Gasteiger partial charge in [-0.3, -0.25) is 0 Å². The minimum Gasteiger partial charge on any atom is -0.350 e. The van der Waals surface area contributed by atoms with E-state index in [-0.39, 0.29) is 4.90 Å². The Morgan fingerprint density at radius 1 is 1.38 bits per heavy atom. The number of benzene rings is 1. The van der Waals surface area contributed by atoms with Gasteiger partial charge < -0.3 is 5.73 Å². The Balaban J connectivity index is 3.05. The number of primary amides is 1. The number of nitrogens with one attached hydrogen (secondary N) is 1. The molecule has 0 saturated heterocycles. The molecule has 0 saturated carbocycles. The van der Waals surface area contributed by atoms with Gasteiger partial charge in [0.25, 0.3) is 0 Å². The number of sulfonamides is 1. The highest BCUT2D eigenvalue weighted by Gasteiger charge is 2.12. The summed E-state index contributed by atoms with van der Waals surface area (Å²) in [5.41, 5.74) is 5.39. The van der Waals surface area contributed by atoms with E-state index in [1.165, 1.54) is 31.3 Å². The molecule has 6 nitrogen and oxygen atoms in total. The Hall–Kier alpha value is -1.25. The predicted octanol–water partition coefficient (Wildman–Crippen LogP) is 0.325. The molecule has 0 unspecified atom stereocenters. The highest BCUT2D eigenvalue weighted by molar-refractivity contribution is 7.89. The molecule has 16 heavy (non-hydrogen) atoms. The minimum atomic E-state index is -3.47. The van der Waals surface area contributed by atoms with Crippen LogP contribution in [0.15, 0.2) is 29.2 Å². The molecule has 0 atom stereocenters. The van der Waals surface area contributed by atoms with Crippen LogP contribution in [0.25, 0.3) is 0 Å². The van der Waals surface area contributed by atoms with Crippen molar-refractivity contribution >= 4 is 34.6 Å². The van der Waals surface area contributed by atoms with E-state index in [0.717, 1.165) is 4.31 Å². The average molecular weight is 261 g/mol. The largest absolute Gasteiger partial charge is 0.350 e. The van der Waals surface area contributed by atoms with E-state index in [1.807, 2.05) is 0 Å². The van der Waals surface area contributed by atoms with Gasteiger partial charge in [-0.05, 0) is 31.3 Å². The molecular formula is C8H11N3O3S2. The van der Waals surface area contributed by atoms with Crippen LogP contribution < -0.4 is 14.8 Å². The lowest BCUT2D eigenvalue weighted by Gasteiger charge is -2.12. The summed E-state index contributed by atoms with van der Waals surface area (Å²) in [5, 5.41) is 0. The Kier molecular flexibility index (Phi) is 3.79. The summed E-state index contributed by atoms with van der Waals surface area (Å²) < 4.78 is 25.9. The average Bonchev–Trinajstić information content (AvgIpc) is 2.28. The Bertz CT molecular complexity index is 484. The van der Waals surface area contributed by atoms with Crippen LogP contribution in [0.3, 0.4) is 0 Å². The fourth-order valence-electron chi connectivity index (χ4n) is 1.01. The number of thiol groups is 1. The van der Waals surface area contributed by atoms with Gasteiger partial charge in [0.05, 0.1) is 10.6 Å². The second-order valence-electron chi connectivity index (χ2n) is 2.85. The van der Waals surface area contributed by atoms with E-state index in [9.17, 15) is 13.2 Å². The van der Waals surface area contributed by atoms with Gasteiger partial charge in [-0.2, -0.15) is 0 Å². The number of amides is 2. The second kappa shape index (κ2) is 4.73. The summed E-state index contributed by atoms with van der Waals surface area (Å²) in [7, 11) is -2.15. The maximum Gasteiger partial charge on any atom is 0.329 e. The zero-order chi connectivity index (χ0) is 12.3. The molecule has 0 aliphatic rings. The van der Waals surface area contributed by atoms with Crippen molar-refractivity contribution in [3.63, 3.8) is 0 Å². The minimum absolute atomic E-state index is 0.102. The summed E-state index contributed by atoms with van der Waals surface area (Å²) >= 11 is 3.84. The molecule has 88 valence electrons. The third-order valence-corrected chi connectivity index (χ3v) is 3.73. The van der Waals surface area contributed by atoms with Crippen LogP contribution in [0.2, 0.25) is 0 Å². The monoisotopic (exact) mass is 261 g/mol. The predicted molar refractivity (Wildman–Crippen MR) is 63.7 cm³/mol. The molecule has 0 aliphatic heterocycles. The van der Waals surface area contributed by atoms with Crippen LogP contribution in [0.4, 0.5) is 10.5 Å².